The van der Waals surface area contributed by atoms with Gasteiger partial charge >= 0.3 is 0 Å². The van der Waals surface area contributed by atoms with E-state index in [0.29, 0.717) is 25.0 Å². The Hall–Kier alpha value is -2.08. The van der Waals surface area contributed by atoms with Crippen LogP contribution in [-0.2, 0) is 11.3 Å². The molecule has 1 aromatic carbocycles. The molecule has 0 spiro atoms. The third kappa shape index (κ3) is 7.50. The SMILES string of the molecule is CCNC(=NCCC(=O)NC(C)CC)NC1CC(C)N(Cc2ccccc2)C1. The Balaban J connectivity index is 1.83. The first-order valence-corrected chi connectivity index (χ1v) is 10.6. The summed E-state index contributed by atoms with van der Waals surface area (Å²) in [7, 11) is 0. The summed E-state index contributed by atoms with van der Waals surface area (Å²) in [6, 6.07) is 11.7. The number of hydrogen-bond acceptors (Lipinski definition) is 3. The van der Waals surface area contributed by atoms with Gasteiger partial charge in [0.05, 0.1) is 6.54 Å². The number of benzene rings is 1. The number of carbonyl (C=O) groups excluding carboxylic acids is 1. The molecule has 0 saturated carbocycles. The molecule has 1 aromatic rings. The highest BCUT2D eigenvalue weighted by Crippen LogP contribution is 2.20. The molecule has 1 aliphatic heterocycles. The molecule has 2 rings (SSSR count). The van der Waals surface area contributed by atoms with Crippen LogP contribution in [0.5, 0.6) is 0 Å². The summed E-state index contributed by atoms with van der Waals surface area (Å²) in [5, 5.41) is 9.84. The highest BCUT2D eigenvalue weighted by molar-refractivity contribution is 5.81. The quantitative estimate of drug-likeness (QED) is 0.450. The molecule has 3 atom stereocenters. The standard InChI is InChI=1S/C22H37N5O/c1-5-17(3)25-21(28)12-13-24-22(23-6-2)26-20-14-18(4)27(16-20)15-19-10-8-7-9-11-19/h7-11,17-18,20H,5-6,12-16H2,1-4H3,(H,25,28)(H2,23,24,26). The number of nitrogens with one attached hydrogen (secondary N) is 3. The molecule has 3 unspecified atom stereocenters. The zero-order valence-electron chi connectivity index (χ0n) is 17.9. The number of likely N-dealkylation sites (tertiary alicyclic amines) is 1. The first kappa shape index (κ1) is 22.2. The number of nitrogens with zero attached hydrogens (tertiary/aromatic N) is 2. The van der Waals surface area contributed by atoms with Crippen LogP contribution in [0.2, 0.25) is 0 Å². The molecular formula is C22H37N5O. The van der Waals surface area contributed by atoms with Gasteiger partial charge in [-0.15, -0.1) is 0 Å². The van der Waals surface area contributed by atoms with Gasteiger partial charge in [-0.05, 0) is 39.2 Å². The molecule has 1 fully saturated rings. The predicted octanol–water partition coefficient (Wildman–Crippen LogP) is 2.51. The van der Waals surface area contributed by atoms with Crippen LogP contribution in [0.4, 0.5) is 0 Å². The van der Waals surface area contributed by atoms with Crippen LogP contribution in [0.25, 0.3) is 0 Å². The maximum atomic E-state index is 11.9. The first-order valence-electron chi connectivity index (χ1n) is 10.6. The van der Waals surface area contributed by atoms with Crippen LogP contribution in [0, 0.1) is 0 Å². The summed E-state index contributed by atoms with van der Waals surface area (Å²) < 4.78 is 0. The van der Waals surface area contributed by atoms with E-state index in [2.05, 4.69) is 76.9 Å². The average Bonchev–Trinajstić information content (AvgIpc) is 3.01. The fraction of sp³-hybridized carbons (Fsp3) is 0.636. The largest absolute Gasteiger partial charge is 0.357 e. The van der Waals surface area contributed by atoms with Crippen molar-refractivity contribution in [3.8, 4) is 0 Å². The summed E-state index contributed by atoms with van der Waals surface area (Å²) in [4.78, 5) is 19.0. The maximum absolute atomic E-state index is 11.9. The van der Waals surface area contributed by atoms with E-state index < -0.39 is 0 Å². The second-order valence-electron chi connectivity index (χ2n) is 7.73. The molecule has 28 heavy (non-hydrogen) atoms. The van der Waals surface area contributed by atoms with Crippen LogP contribution in [0.3, 0.4) is 0 Å². The number of carbonyl (C=O) groups is 1. The number of aliphatic imine (C=N–C) groups is 1. The Labute approximate surface area is 170 Å². The molecule has 1 amide bonds. The Morgan fingerprint density at radius 1 is 1.29 bits per heavy atom. The molecule has 6 heteroatoms. The maximum Gasteiger partial charge on any atom is 0.222 e. The zero-order valence-corrected chi connectivity index (χ0v) is 17.9. The van der Waals surface area contributed by atoms with Crippen molar-refractivity contribution in [2.24, 2.45) is 4.99 Å². The summed E-state index contributed by atoms with van der Waals surface area (Å²) in [5.74, 6) is 0.870. The minimum absolute atomic E-state index is 0.0671. The van der Waals surface area contributed by atoms with Crippen molar-refractivity contribution in [2.75, 3.05) is 19.6 Å². The highest BCUT2D eigenvalue weighted by atomic mass is 16.1. The molecule has 1 saturated heterocycles. The van der Waals surface area contributed by atoms with Gasteiger partial charge in [-0.2, -0.15) is 0 Å². The van der Waals surface area contributed by atoms with E-state index >= 15 is 0 Å². The molecule has 0 aromatic heterocycles. The molecule has 1 aliphatic rings. The number of rotatable bonds is 9. The van der Waals surface area contributed by atoms with E-state index in [-0.39, 0.29) is 11.9 Å². The molecule has 0 radical (unpaired) electrons. The molecule has 1 heterocycles. The van der Waals surface area contributed by atoms with Crippen molar-refractivity contribution >= 4 is 11.9 Å². The third-order valence-electron chi connectivity index (χ3n) is 5.25. The van der Waals surface area contributed by atoms with E-state index in [1.54, 1.807) is 0 Å². The van der Waals surface area contributed by atoms with E-state index in [0.717, 1.165) is 38.4 Å². The summed E-state index contributed by atoms with van der Waals surface area (Å²) in [6.07, 6.45) is 2.45. The van der Waals surface area contributed by atoms with Crippen molar-refractivity contribution in [1.82, 2.24) is 20.9 Å². The van der Waals surface area contributed by atoms with Crippen molar-refractivity contribution in [1.29, 1.82) is 0 Å². The van der Waals surface area contributed by atoms with E-state index in [1.807, 2.05) is 6.92 Å². The lowest BCUT2D eigenvalue weighted by Crippen LogP contribution is -2.44. The van der Waals surface area contributed by atoms with Crippen molar-refractivity contribution in [3.05, 3.63) is 35.9 Å². The van der Waals surface area contributed by atoms with Gasteiger partial charge in [0, 0.05) is 44.2 Å². The van der Waals surface area contributed by atoms with Crippen molar-refractivity contribution < 1.29 is 4.79 Å². The topological polar surface area (TPSA) is 68.8 Å². The Bertz CT molecular complexity index is 619. The number of guanidine groups is 1. The smallest absolute Gasteiger partial charge is 0.222 e. The minimum atomic E-state index is 0.0671. The van der Waals surface area contributed by atoms with Crippen LogP contribution in [0.1, 0.15) is 52.5 Å². The fourth-order valence-electron chi connectivity index (χ4n) is 3.47. The lowest BCUT2D eigenvalue weighted by Gasteiger charge is -2.21. The summed E-state index contributed by atoms with van der Waals surface area (Å²) in [6.45, 7) is 11.7. The van der Waals surface area contributed by atoms with Gasteiger partial charge in [-0.1, -0.05) is 37.3 Å². The molecule has 0 aliphatic carbocycles. The van der Waals surface area contributed by atoms with Gasteiger partial charge in [0.2, 0.25) is 5.91 Å². The molecule has 156 valence electrons. The predicted molar refractivity (Wildman–Crippen MR) is 116 cm³/mol. The van der Waals surface area contributed by atoms with Crippen molar-refractivity contribution in [3.63, 3.8) is 0 Å². The van der Waals surface area contributed by atoms with Crippen LogP contribution >= 0.6 is 0 Å². The van der Waals surface area contributed by atoms with E-state index in [1.165, 1.54) is 5.56 Å². The number of hydrogen-bond donors (Lipinski definition) is 3. The van der Waals surface area contributed by atoms with Crippen LogP contribution in [-0.4, -0.2) is 54.5 Å². The normalized spacial score (nSPS) is 21.4. The lowest BCUT2D eigenvalue weighted by molar-refractivity contribution is -0.121. The Kier molecular flexibility index (Phi) is 9.28. The molecule has 6 nitrogen and oxygen atoms in total. The van der Waals surface area contributed by atoms with Gasteiger partial charge in [0.1, 0.15) is 0 Å². The zero-order chi connectivity index (χ0) is 20.4. The summed E-state index contributed by atoms with van der Waals surface area (Å²) >= 11 is 0. The number of amides is 1. The second kappa shape index (κ2) is 11.7. The van der Waals surface area contributed by atoms with E-state index in [9.17, 15) is 4.79 Å². The van der Waals surface area contributed by atoms with Gasteiger partial charge in [0.15, 0.2) is 5.96 Å². The minimum Gasteiger partial charge on any atom is -0.357 e. The highest BCUT2D eigenvalue weighted by Gasteiger charge is 2.29. The van der Waals surface area contributed by atoms with Crippen LogP contribution < -0.4 is 16.0 Å². The van der Waals surface area contributed by atoms with Gasteiger partial charge < -0.3 is 16.0 Å². The summed E-state index contributed by atoms with van der Waals surface area (Å²) in [5.41, 5.74) is 1.35. The second-order valence-corrected chi connectivity index (χ2v) is 7.73. The van der Waals surface area contributed by atoms with Gasteiger partial charge in [0.25, 0.3) is 0 Å². The van der Waals surface area contributed by atoms with E-state index in [4.69, 9.17) is 0 Å². The van der Waals surface area contributed by atoms with Crippen molar-refractivity contribution in [2.45, 2.75) is 71.6 Å². The average molecular weight is 388 g/mol. The molecule has 3 N–H and O–H groups in total. The third-order valence-corrected chi connectivity index (χ3v) is 5.25. The Morgan fingerprint density at radius 3 is 2.71 bits per heavy atom. The van der Waals surface area contributed by atoms with Gasteiger partial charge in [-0.3, -0.25) is 14.7 Å². The van der Waals surface area contributed by atoms with Crippen LogP contribution in [0.15, 0.2) is 35.3 Å². The monoisotopic (exact) mass is 387 g/mol. The lowest BCUT2D eigenvalue weighted by atomic mass is 10.2. The molecule has 0 bridgehead atoms. The Morgan fingerprint density at radius 2 is 2.04 bits per heavy atom. The fourth-order valence-corrected chi connectivity index (χ4v) is 3.47. The van der Waals surface area contributed by atoms with Gasteiger partial charge in [-0.25, -0.2) is 0 Å². The first-order chi connectivity index (χ1) is 13.5. The molecular weight excluding hydrogens is 350 g/mol.